The largest absolute Gasteiger partial charge is 0.352 e. The first-order chi connectivity index (χ1) is 17.4. The lowest BCUT2D eigenvalue weighted by atomic mass is 10.1. The molecule has 8 nitrogen and oxygen atoms in total. The number of carbonyl (C=O) groups is 2. The first-order valence-corrected chi connectivity index (χ1v) is 14.2. The van der Waals surface area contributed by atoms with Gasteiger partial charge in [0.1, 0.15) is 12.6 Å². The average Bonchev–Trinajstić information content (AvgIpc) is 2.86. The van der Waals surface area contributed by atoms with Crippen LogP contribution in [0.4, 0.5) is 5.69 Å². The molecule has 0 radical (unpaired) electrons. The number of nitrogens with zero attached hydrogens (tertiary/aromatic N) is 3. The van der Waals surface area contributed by atoms with Crippen LogP contribution in [0.25, 0.3) is 0 Å². The van der Waals surface area contributed by atoms with E-state index in [4.69, 9.17) is 0 Å². The molecule has 0 aliphatic carbocycles. The van der Waals surface area contributed by atoms with Crippen molar-refractivity contribution in [1.82, 2.24) is 14.5 Å². The molecule has 0 saturated carbocycles. The van der Waals surface area contributed by atoms with Crippen LogP contribution in [-0.4, -0.2) is 68.7 Å². The van der Waals surface area contributed by atoms with Crippen molar-refractivity contribution < 1.29 is 18.0 Å². The van der Waals surface area contributed by atoms with E-state index in [1.165, 1.54) is 19.0 Å². The molecule has 0 unspecified atom stereocenters. The lowest BCUT2D eigenvalue weighted by Crippen LogP contribution is -2.55. The van der Waals surface area contributed by atoms with Crippen molar-refractivity contribution in [2.75, 3.05) is 31.5 Å². The van der Waals surface area contributed by atoms with Gasteiger partial charge in [0, 0.05) is 26.7 Å². The topological polar surface area (TPSA) is 90.0 Å². The maximum absolute atomic E-state index is 13.9. The summed E-state index contributed by atoms with van der Waals surface area (Å²) < 4.78 is 29.0. The summed E-state index contributed by atoms with van der Waals surface area (Å²) in [6.07, 6.45) is 1.72. The number of benzene rings is 2. The van der Waals surface area contributed by atoms with Gasteiger partial charge in [-0.25, -0.2) is 4.31 Å². The highest BCUT2D eigenvalue weighted by molar-refractivity contribution is 7.90. The summed E-state index contributed by atoms with van der Waals surface area (Å²) in [5, 5.41) is 2.99. The minimum Gasteiger partial charge on any atom is -0.352 e. The third-order valence-electron chi connectivity index (χ3n) is 6.52. The predicted octanol–water partition coefficient (Wildman–Crippen LogP) is 3.68. The first-order valence-electron chi connectivity index (χ1n) is 12.8. The fraction of sp³-hybridized carbons (Fsp3) is 0.500. The van der Waals surface area contributed by atoms with E-state index in [1.807, 2.05) is 77.1 Å². The minimum absolute atomic E-state index is 0.0341. The van der Waals surface area contributed by atoms with E-state index in [2.05, 4.69) is 5.32 Å². The van der Waals surface area contributed by atoms with Gasteiger partial charge >= 0.3 is 10.2 Å². The molecule has 0 aliphatic heterocycles. The molecule has 2 atom stereocenters. The Labute approximate surface area is 222 Å². The number of amides is 2. The Bertz CT molecular complexity index is 1150. The van der Waals surface area contributed by atoms with Gasteiger partial charge in [-0.3, -0.25) is 9.59 Å². The second-order valence-corrected chi connectivity index (χ2v) is 11.7. The van der Waals surface area contributed by atoms with Gasteiger partial charge < -0.3 is 10.2 Å². The Balaban J connectivity index is 2.48. The zero-order chi connectivity index (χ0) is 27.8. The molecule has 1 N–H and O–H groups in total. The van der Waals surface area contributed by atoms with Gasteiger partial charge in [-0.2, -0.15) is 12.7 Å². The van der Waals surface area contributed by atoms with Crippen LogP contribution in [0.1, 0.15) is 50.3 Å². The molecule has 2 amide bonds. The molecule has 0 spiro atoms. The summed E-state index contributed by atoms with van der Waals surface area (Å²) in [5.74, 6) is -0.652. The normalized spacial score (nSPS) is 13.2. The molecule has 0 bridgehead atoms. The summed E-state index contributed by atoms with van der Waals surface area (Å²) in [5.41, 5.74) is 3.10. The molecule has 204 valence electrons. The van der Waals surface area contributed by atoms with E-state index < -0.39 is 28.7 Å². The quantitative estimate of drug-likeness (QED) is 0.428. The van der Waals surface area contributed by atoms with Crippen molar-refractivity contribution >= 4 is 27.7 Å². The van der Waals surface area contributed by atoms with E-state index in [0.29, 0.717) is 18.5 Å². The number of aryl methyl sites for hydroxylation is 2. The molecule has 0 aromatic heterocycles. The summed E-state index contributed by atoms with van der Waals surface area (Å²) in [7, 11) is -1.10. The molecule has 2 aromatic rings. The predicted molar refractivity (Wildman–Crippen MR) is 150 cm³/mol. The average molecular weight is 531 g/mol. The Morgan fingerprint density at radius 1 is 0.973 bits per heavy atom. The SMILES string of the molecule is CC[C@@H](C)NC(=O)[C@H](CC)N(CCc1ccccc1)C(=O)CN(c1cc(C)ccc1C)S(=O)(=O)N(C)C. The van der Waals surface area contributed by atoms with Crippen LogP contribution in [0.5, 0.6) is 0 Å². The molecule has 37 heavy (non-hydrogen) atoms. The molecule has 9 heteroatoms. The maximum Gasteiger partial charge on any atom is 0.304 e. The summed E-state index contributed by atoms with van der Waals surface area (Å²) in [6, 6.07) is 14.5. The second-order valence-electron chi connectivity index (χ2n) is 9.65. The number of nitrogens with one attached hydrogen (secondary N) is 1. The zero-order valence-corrected chi connectivity index (χ0v) is 24.0. The third-order valence-corrected chi connectivity index (χ3v) is 8.33. The standard InChI is InChI=1S/C28H42N4O4S/c1-8-23(5)29-28(34)25(9-2)31(18-17-24-13-11-10-12-14-24)27(33)20-32(37(35,36)30(6)7)26-19-21(3)15-16-22(26)4/h10-16,19,23,25H,8-9,17-18,20H2,1-7H3,(H,29,34)/t23-,25+/m1/s1. The van der Waals surface area contributed by atoms with Crippen LogP contribution in [0.3, 0.4) is 0 Å². The van der Waals surface area contributed by atoms with Gasteiger partial charge in [-0.05, 0) is 62.8 Å². The maximum atomic E-state index is 13.9. The Hall–Kier alpha value is -2.91. The molecular formula is C28H42N4O4S. The van der Waals surface area contributed by atoms with Gasteiger partial charge in [-0.1, -0.05) is 56.3 Å². The highest BCUT2D eigenvalue weighted by Gasteiger charge is 2.34. The Morgan fingerprint density at radius 2 is 1.62 bits per heavy atom. The molecule has 0 heterocycles. The Morgan fingerprint density at radius 3 is 2.19 bits per heavy atom. The molecule has 0 fully saturated rings. The van der Waals surface area contributed by atoms with Gasteiger partial charge in [-0.15, -0.1) is 0 Å². The molecule has 2 aromatic carbocycles. The molecule has 0 aliphatic rings. The zero-order valence-electron chi connectivity index (χ0n) is 23.2. The number of rotatable bonds is 13. The monoisotopic (exact) mass is 530 g/mol. The molecule has 0 saturated heterocycles. The number of hydrogen-bond donors (Lipinski definition) is 1. The number of carbonyl (C=O) groups excluding carboxylic acids is 2. The van der Waals surface area contributed by atoms with Crippen molar-refractivity contribution in [3.8, 4) is 0 Å². The summed E-state index contributed by atoms with van der Waals surface area (Å²) in [4.78, 5) is 28.6. The van der Waals surface area contributed by atoms with Gasteiger partial charge in [0.15, 0.2) is 0 Å². The smallest absolute Gasteiger partial charge is 0.304 e. The van der Waals surface area contributed by atoms with Crippen LogP contribution in [-0.2, 0) is 26.2 Å². The van der Waals surface area contributed by atoms with Crippen molar-refractivity contribution in [3.05, 3.63) is 65.2 Å². The minimum atomic E-state index is -3.98. The fourth-order valence-corrected chi connectivity index (χ4v) is 5.14. The van der Waals surface area contributed by atoms with Crippen LogP contribution in [0, 0.1) is 13.8 Å². The lowest BCUT2D eigenvalue weighted by molar-refractivity contribution is -0.139. The van der Waals surface area contributed by atoms with Crippen LogP contribution < -0.4 is 9.62 Å². The number of anilines is 1. The van der Waals surface area contributed by atoms with E-state index in [0.717, 1.165) is 31.7 Å². The van der Waals surface area contributed by atoms with Crippen LogP contribution >= 0.6 is 0 Å². The van der Waals surface area contributed by atoms with Crippen molar-refractivity contribution in [2.45, 2.75) is 66.0 Å². The van der Waals surface area contributed by atoms with Crippen molar-refractivity contribution in [2.24, 2.45) is 0 Å². The van der Waals surface area contributed by atoms with Gasteiger partial charge in [0.25, 0.3) is 0 Å². The number of hydrogen-bond acceptors (Lipinski definition) is 4. The Kier molecular flexibility index (Phi) is 11.1. The highest BCUT2D eigenvalue weighted by atomic mass is 32.2. The summed E-state index contributed by atoms with van der Waals surface area (Å²) >= 11 is 0. The summed E-state index contributed by atoms with van der Waals surface area (Å²) in [6.45, 7) is 9.35. The fourth-order valence-electron chi connectivity index (χ4n) is 4.03. The first kappa shape index (κ1) is 30.3. The van der Waals surface area contributed by atoms with E-state index >= 15 is 0 Å². The van der Waals surface area contributed by atoms with Crippen LogP contribution in [0.15, 0.2) is 48.5 Å². The third kappa shape index (κ3) is 8.04. The highest BCUT2D eigenvalue weighted by Crippen LogP contribution is 2.26. The van der Waals surface area contributed by atoms with E-state index in [-0.39, 0.29) is 18.5 Å². The lowest BCUT2D eigenvalue weighted by Gasteiger charge is -2.34. The van der Waals surface area contributed by atoms with Gasteiger partial charge in [0.2, 0.25) is 11.8 Å². The second kappa shape index (κ2) is 13.6. The molecular weight excluding hydrogens is 488 g/mol. The van der Waals surface area contributed by atoms with Gasteiger partial charge in [0.05, 0.1) is 5.69 Å². The molecule has 2 rings (SSSR count). The van der Waals surface area contributed by atoms with Crippen molar-refractivity contribution in [1.29, 1.82) is 0 Å². The van der Waals surface area contributed by atoms with Crippen LogP contribution in [0.2, 0.25) is 0 Å². The van der Waals surface area contributed by atoms with E-state index in [1.54, 1.807) is 6.07 Å². The van der Waals surface area contributed by atoms with Crippen molar-refractivity contribution in [3.63, 3.8) is 0 Å². The van der Waals surface area contributed by atoms with E-state index in [9.17, 15) is 18.0 Å².